The van der Waals surface area contributed by atoms with Gasteiger partial charge in [0.1, 0.15) is 10.8 Å². The topological polar surface area (TPSA) is 229 Å². The average Bonchev–Trinajstić information content (AvgIpc) is 3.16. The molecule has 0 atom stereocenters. The zero-order valence-electron chi connectivity index (χ0n) is 12.4. The van der Waals surface area contributed by atoms with Crippen LogP contribution in [0.15, 0.2) is 34.6 Å². The van der Waals surface area contributed by atoms with E-state index < -0.39 is 10.4 Å². The van der Waals surface area contributed by atoms with Gasteiger partial charge < -0.3 is 9.97 Å². The van der Waals surface area contributed by atoms with E-state index in [-0.39, 0.29) is 28.2 Å². The third kappa shape index (κ3) is 6.19. The van der Waals surface area contributed by atoms with Crippen molar-refractivity contribution in [2.45, 2.75) is 0 Å². The van der Waals surface area contributed by atoms with Crippen LogP contribution in [0.3, 0.4) is 0 Å². The number of H-pyrrole nitrogens is 4. The number of hydrogen-bond acceptors (Lipinski definition) is 8. The maximum atomic E-state index is 10.9. The average molecular weight is 436 g/mol. The molecule has 0 saturated heterocycles. The molecular formula is C10H12CuN8O6S+4. The van der Waals surface area contributed by atoms with Crippen molar-refractivity contribution in [3.63, 3.8) is 0 Å². The third-order valence-electron chi connectivity index (χ3n) is 2.51. The van der Waals surface area contributed by atoms with Crippen LogP contribution in [-0.4, -0.2) is 57.9 Å². The van der Waals surface area contributed by atoms with Gasteiger partial charge >= 0.3 is 27.5 Å². The molecule has 0 fully saturated rings. The van der Waals surface area contributed by atoms with E-state index in [9.17, 15) is 9.59 Å². The van der Waals surface area contributed by atoms with Crippen LogP contribution in [0.2, 0.25) is 0 Å². The van der Waals surface area contributed by atoms with E-state index in [0.29, 0.717) is 22.1 Å². The van der Waals surface area contributed by atoms with E-state index in [2.05, 4.69) is 40.3 Å². The van der Waals surface area contributed by atoms with Crippen LogP contribution < -0.4 is 11.1 Å². The zero-order chi connectivity index (χ0) is 18.4. The van der Waals surface area contributed by atoms with Gasteiger partial charge in [-0.25, -0.2) is 9.97 Å². The molecule has 0 aromatic carbocycles. The maximum Gasteiger partial charge on any atom is 2.00 e. The predicted octanol–water partition coefficient (Wildman–Crippen LogP) is -3.03. The second-order valence-electron chi connectivity index (χ2n) is 4.23. The molecule has 0 spiro atoms. The molecule has 141 valence electrons. The molecule has 4 heterocycles. The van der Waals surface area contributed by atoms with E-state index >= 15 is 0 Å². The molecule has 0 aliphatic carbocycles. The number of nitrogens with one attached hydrogen (secondary N) is 4. The van der Waals surface area contributed by atoms with E-state index in [4.69, 9.17) is 17.5 Å². The van der Waals surface area contributed by atoms with Gasteiger partial charge in [0, 0.05) is 0 Å². The zero-order valence-corrected chi connectivity index (χ0v) is 14.2. The summed E-state index contributed by atoms with van der Waals surface area (Å²) >= 11 is 0. The summed E-state index contributed by atoms with van der Waals surface area (Å²) in [4.78, 5) is 34.3. The monoisotopic (exact) mass is 435 g/mol. The van der Waals surface area contributed by atoms with E-state index in [0.717, 1.165) is 0 Å². The second kappa shape index (κ2) is 8.97. The van der Waals surface area contributed by atoms with Crippen LogP contribution in [0.1, 0.15) is 0 Å². The molecule has 4 aromatic heterocycles. The van der Waals surface area contributed by atoms with Gasteiger partial charge in [-0.2, -0.15) is 10.2 Å². The Morgan fingerprint density at radius 1 is 0.808 bits per heavy atom. The fourth-order valence-electron chi connectivity index (χ4n) is 1.55. The molecular weight excluding hydrogens is 424 g/mol. The number of rotatable bonds is 0. The van der Waals surface area contributed by atoms with Crippen LogP contribution in [0.5, 0.6) is 0 Å². The molecule has 0 amide bonds. The smallest absolute Gasteiger partial charge is 0.312 e. The first-order valence-corrected chi connectivity index (χ1v) is 7.71. The summed E-state index contributed by atoms with van der Waals surface area (Å²) < 4.78 is 29.1. The van der Waals surface area contributed by atoms with Crippen LogP contribution in [0, 0.1) is 0 Å². The Morgan fingerprint density at radius 2 is 1.15 bits per heavy atom. The fourth-order valence-corrected chi connectivity index (χ4v) is 1.55. The molecule has 0 bridgehead atoms. The van der Waals surface area contributed by atoms with Gasteiger partial charge in [0.05, 0.1) is 25.0 Å². The van der Waals surface area contributed by atoms with Gasteiger partial charge in [-0.15, -0.1) is 0 Å². The van der Waals surface area contributed by atoms with Crippen LogP contribution in [0.4, 0.5) is 0 Å². The largest absolute Gasteiger partial charge is 2.00 e. The molecule has 0 saturated carbocycles. The molecule has 16 heteroatoms. The summed E-state index contributed by atoms with van der Waals surface area (Å²) in [7, 11) is -4.17. The summed E-state index contributed by atoms with van der Waals surface area (Å²) in [5.74, 6) is 0. The Bertz CT molecular complexity index is 1110. The minimum atomic E-state index is -4.17. The molecule has 4 rings (SSSR count). The first-order chi connectivity index (χ1) is 11.8. The minimum Gasteiger partial charge on any atom is -0.312 e. The van der Waals surface area contributed by atoms with E-state index in [1.807, 2.05) is 0 Å². The van der Waals surface area contributed by atoms with E-state index in [1.165, 1.54) is 25.0 Å². The third-order valence-corrected chi connectivity index (χ3v) is 2.51. The molecule has 0 aliphatic rings. The van der Waals surface area contributed by atoms with Crippen LogP contribution >= 0.6 is 0 Å². The molecule has 1 radical (unpaired) electrons. The maximum absolute atomic E-state index is 10.9. The summed E-state index contributed by atoms with van der Waals surface area (Å²) in [5.41, 5.74) is 0.699. The molecule has 8 N–H and O–H groups in total. The van der Waals surface area contributed by atoms with Gasteiger partial charge in [-0.3, -0.25) is 28.9 Å². The van der Waals surface area contributed by atoms with E-state index in [1.54, 1.807) is 0 Å². The minimum absolute atomic E-state index is 0. The standard InChI is InChI=1S/2C5H4N4O.Cu.H2O4S/c2*10-5-3-1-8-9-4(3)6-2-7-5;;1-5(2,3)4/h2*1-2H,(H2,6,7,8,9,10);;(H2,1,2,3,4)/q;;+2;/p+2. The van der Waals surface area contributed by atoms with Crippen molar-refractivity contribution in [2.75, 3.05) is 0 Å². The van der Waals surface area contributed by atoms with Crippen molar-refractivity contribution in [1.29, 1.82) is 0 Å². The van der Waals surface area contributed by atoms with Crippen LogP contribution in [-0.2, 0) is 27.5 Å². The number of nitrogens with zero attached hydrogens (tertiary/aromatic N) is 4. The van der Waals surface area contributed by atoms with Gasteiger partial charge in [-0.05, 0) is 0 Å². The SMILES string of the molecule is O=S(=O)([OH2+])[OH2+].O=c1[nH]cnc2[nH]ncc12.O=c1[nH]cnc2[nH]ncc12.[Cu+2]. The van der Waals surface area contributed by atoms with Gasteiger partial charge in [0.25, 0.3) is 11.1 Å². The van der Waals surface area contributed by atoms with Crippen molar-refractivity contribution in [3.8, 4) is 0 Å². The Morgan fingerprint density at radius 3 is 1.46 bits per heavy atom. The van der Waals surface area contributed by atoms with Gasteiger partial charge in [-0.1, -0.05) is 8.42 Å². The molecule has 0 aliphatic heterocycles. The Balaban J connectivity index is 0.000000204. The molecule has 0 unspecified atom stereocenters. The Labute approximate surface area is 153 Å². The van der Waals surface area contributed by atoms with Crippen molar-refractivity contribution >= 4 is 32.5 Å². The molecule has 14 nitrogen and oxygen atoms in total. The number of aromatic amines is 4. The predicted molar refractivity (Wildman–Crippen MR) is 85.2 cm³/mol. The quantitative estimate of drug-likeness (QED) is 0.163. The first kappa shape index (κ1) is 21.1. The van der Waals surface area contributed by atoms with Crippen LogP contribution in [0.25, 0.3) is 22.1 Å². The van der Waals surface area contributed by atoms with Crippen molar-refractivity contribution in [3.05, 3.63) is 45.8 Å². The molecule has 4 aromatic rings. The number of hydrogen-bond donors (Lipinski definition) is 4. The van der Waals surface area contributed by atoms with Gasteiger partial charge in [0.2, 0.25) is 0 Å². The second-order valence-corrected chi connectivity index (χ2v) is 5.24. The van der Waals surface area contributed by atoms with Gasteiger partial charge in [0.15, 0.2) is 11.3 Å². The Kier molecular flexibility index (Phi) is 7.29. The normalized spacial score (nSPS) is 10.2. The van der Waals surface area contributed by atoms with Crippen molar-refractivity contribution < 1.29 is 34.6 Å². The summed E-state index contributed by atoms with van der Waals surface area (Å²) in [6.45, 7) is 0. The first-order valence-electron chi connectivity index (χ1n) is 6.23. The molecule has 26 heavy (non-hydrogen) atoms. The number of aromatic nitrogens is 8. The fraction of sp³-hybridized carbons (Fsp3) is 0. The summed E-state index contributed by atoms with van der Waals surface area (Å²) in [6.07, 6.45) is 5.56. The van der Waals surface area contributed by atoms with Crippen molar-refractivity contribution in [2.24, 2.45) is 0 Å². The summed E-state index contributed by atoms with van der Waals surface area (Å²) in [6, 6.07) is 0. The summed E-state index contributed by atoms with van der Waals surface area (Å²) in [5, 5.41) is 13.4. The Hall–Kier alpha value is -2.91. The van der Waals surface area contributed by atoms with Crippen molar-refractivity contribution in [1.82, 2.24) is 40.3 Å². The number of fused-ring (bicyclic) bond motifs is 2.